The molecule has 0 aliphatic heterocycles. The lowest BCUT2D eigenvalue weighted by atomic mass is 9.80. The summed E-state index contributed by atoms with van der Waals surface area (Å²) in [6.45, 7) is 1.87. The van der Waals surface area contributed by atoms with Crippen LogP contribution in [-0.2, 0) is 21.2 Å². The smallest absolute Gasteiger partial charge is 0.305 e. The minimum absolute atomic E-state index is 0.00492. The standard InChI is InChI=1S/C13H21N3O4S/c1-2-10-14-9-11(15-10)21(19,20)16-13(8-12(17)18)6-4-3-5-7-13/h9,16H,2-8H2,1H3,(H,14,15)(H,17,18). The van der Waals surface area contributed by atoms with Gasteiger partial charge in [-0.15, -0.1) is 0 Å². The summed E-state index contributed by atoms with van der Waals surface area (Å²) in [6, 6.07) is 0. The molecule has 0 aromatic carbocycles. The lowest BCUT2D eigenvalue weighted by Gasteiger charge is -2.36. The Morgan fingerprint density at radius 3 is 2.62 bits per heavy atom. The summed E-state index contributed by atoms with van der Waals surface area (Å²) < 4.78 is 27.5. The molecule has 7 nitrogen and oxygen atoms in total. The fourth-order valence-electron chi connectivity index (χ4n) is 2.83. The zero-order valence-corrected chi connectivity index (χ0v) is 12.9. The molecule has 0 atom stereocenters. The van der Waals surface area contributed by atoms with Crippen molar-refractivity contribution >= 4 is 16.0 Å². The maximum atomic E-state index is 12.4. The molecule has 3 N–H and O–H groups in total. The summed E-state index contributed by atoms with van der Waals surface area (Å²) >= 11 is 0. The third-order valence-corrected chi connectivity index (χ3v) is 5.37. The first kappa shape index (κ1) is 16.0. The van der Waals surface area contributed by atoms with Crippen LogP contribution in [0.15, 0.2) is 11.2 Å². The van der Waals surface area contributed by atoms with Crippen LogP contribution in [0.5, 0.6) is 0 Å². The molecule has 1 aromatic heterocycles. The fourth-order valence-corrected chi connectivity index (χ4v) is 4.23. The van der Waals surface area contributed by atoms with Crippen LogP contribution >= 0.6 is 0 Å². The third kappa shape index (κ3) is 3.82. The monoisotopic (exact) mass is 315 g/mol. The number of nitrogens with one attached hydrogen (secondary N) is 2. The Morgan fingerprint density at radius 2 is 2.10 bits per heavy atom. The van der Waals surface area contributed by atoms with E-state index in [4.69, 9.17) is 5.11 Å². The maximum absolute atomic E-state index is 12.4. The van der Waals surface area contributed by atoms with Gasteiger partial charge in [0.25, 0.3) is 10.0 Å². The van der Waals surface area contributed by atoms with Crippen molar-refractivity contribution in [2.75, 3.05) is 0 Å². The van der Waals surface area contributed by atoms with E-state index in [0.717, 1.165) is 19.3 Å². The van der Waals surface area contributed by atoms with Crippen LogP contribution < -0.4 is 4.72 Å². The van der Waals surface area contributed by atoms with E-state index in [9.17, 15) is 13.2 Å². The van der Waals surface area contributed by atoms with Crippen molar-refractivity contribution in [1.29, 1.82) is 0 Å². The number of sulfonamides is 1. The molecular formula is C13H21N3O4S. The zero-order valence-electron chi connectivity index (χ0n) is 12.1. The van der Waals surface area contributed by atoms with Gasteiger partial charge >= 0.3 is 5.97 Å². The van der Waals surface area contributed by atoms with Gasteiger partial charge in [0.2, 0.25) is 0 Å². The molecule has 0 bridgehead atoms. The van der Waals surface area contributed by atoms with Gasteiger partial charge in [0.05, 0.1) is 12.6 Å². The summed E-state index contributed by atoms with van der Waals surface area (Å²) in [5, 5.41) is 9.08. The highest BCUT2D eigenvalue weighted by atomic mass is 32.2. The predicted octanol–water partition coefficient (Wildman–Crippen LogP) is 1.43. The Labute approximate surface area is 124 Å². The number of aliphatic carboxylic acids is 1. The number of carbonyl (C=O) groups is 1. The minimum Gasteiger partial charge on any atom is -0.481 e. The molecule has 0 unspecified atom stereocenters. The van der Waals surface area contributed by atoms with Gasteiger partial charge in [0.15, 0.2) is 5.03 Å². The van der Waals surface area contributed by atoms with Crippen molar-refractivity contribution in [1.82, 2.24) is 14.7 Å². The van der Waals surface area contributed by atoms with E-state index in [0.29, 0.717) is 25.1 Å². The van der Waals surface area contributed by atoms with Gasteiger partial charge < -0.3 is 10.1 Å². The first-order valence-electron chi connectivity index (χ1n) is 7.16. The second-order valence-electron chi connectivity index (χ2n) is 5.56. The molecule has 1 aromatic rings. The van der Waals surface area contributed by atoms with E-state index in [1.54, 1.807) is 0 Å². The molecule has 0 amide bonds. The molecular weight excluding hydrogens is 294 g/mol. The molecule has 2 rings (SSSR count). The van der Waals surface area contributed by atoms with Gasteiger partial charge in [-0.25, -0.2) is 18.1 Å². The number of nitrogens with zero attached hydrogens (tertiary/aromatic N) is 1. The van der Waals surface area contributed by atoms with Crippen LogP contribution in [0, 0.1) is 0 Å². The normalized spacial score (nSPS) is 18.5. The van der Waals surface area contributed by atoms with E-state index >= 15 is 0 Å². The average Bonchev–Trinajstić information content (AvgIpc) is 2.87. The van der Waals surface area contributed by atoms with Crippen LogP contribution in [0.3, 0.4) is 0 Å². The number of hydrogen-bond donors (Lipinski definition) is 3. The fraction of sp³-hybridized carbons (Fsp3) is 0.692. The first-order valence-corrected chi connectivity index (χ1v) is 8.65. The van der Waals surface area contributed by atoms with Crippen LogP contribution in [0.4, 0.5) is 0 Å². The molecule has 118 valence electrons. The lowest BCUT2D eigenvalue weighted by molar-refractivity contribution is -0.138. The molecule has 1 heterocycles. The largest absolute Gasteiger partial charge is 0.481 e. The number of carboxylic acids is 1. The highest BCUT2D eigenvalue weighted by Gasteiger charge is 2.38. The Kier molecular flexibility index (Phi) is 4.67. The summed E-state index contributed by atoms with van der Waals surface area (Å²) in [4.78, 5) is 17.8. The van der Waals surface area contributed by atoms with Crippen molar-refractivity contribution in [2.45, 2.75) is 62.4 Å². The maximum Gasteiger partial charge on any atom is 0.305 e. The van der Waals surface area contributed by atoms with E-state index < -0.39 is 21.5 Å². The van der Waals surface area contributed by atoms with Crippen molar-refractivity contribution in [3.8, 4) is 0 Å². The number of hydrogen-bond acceptors (Lipinski definition) is 4. The van der Waals surface area contributed by atoms with Crippen LogP contribution in [-0.4, -0.2) is 35.0 Å². The minimum atomic E-state index is -3.78. The van der Waals surface area contributed by atoms with Gasteiger partial charge in [-0.1, -0.05) is 26.2 Å². The Balaban J connectivity index is 2.24. The number of H-pyrrole nitrogens is 1. The SMILES string of the molecule is CCc1ncc(S(=O)(=O)NC2(CC(=O)O)CCCCC2)[nH]1. The zero-order chi connectivity index (χ0) is 15.5. The molecule has 0 saturated heterocycles. The van der Waals surface area contributed by atoms with Crippen LogP contribution in [0.1, 0.15) is 51.3 Å². The van der Waals surface area contributed by atoms with Gasteiger partial charge in [0, 0.05) is 12.0 Å². The second-order valence-corrected chi connectivity index (χ2v) is 7.22. The highest BCUT2D eigenvalue weighted by Crippen LogP contribution is 2.32. The molecule has 1 fully saturated rings. The van der Waals surface area contributed by atoms with Gasteiger partial charge in [-0.05, 0) is 12.8 Å². The first-order chi connectivity index (χ1) is 9.87. The summed E-state index contributed by atoms with van der Waals surface area (Å²) in [6.07, 6.45) is 5.46. The van der Waals surface area contributed by atoms with Crippen LogP contribution in [0.25, 0.3) is 0 Å². The third-order valence-electron chi connectivity index (χ3n) is 3.88. The molecule has 0 spiro atoms. The molecule has 1 aliphatic rings. The van der Waals surface area contributed by atoms with Crippen molar-refractivity contribution in [3.63, 3.8) is 0 Å². The number of aromatic nitrogens is 2. The number of imidazole rings is 1. The number of rotatable bonds is 6. The van der Waals surface area contributed by atoms with Crippen molar-refractivity contribution < 1.29 is 18.3 Å². The highest BCUT2D eigenvalue weighted by molar-refractivity contribution is 7.89. The van der Waals surface area contributed by atoms with Gasteiger partial charge in [-0.3, -0.25) is 4.79 Å². The van der Waals surface area contributed by atoms with Crippen molar-refractivity contribution in [2.24, 2.45) is 0 Å². The Morgan fingerprint density at radius 1 is 1.43 bits per heavy atom. The Hall–Kier alpha value is -1.41. The number of aromatic amines is 1. The second kappa shape index (κ2) is 6.15. The van der Waals surface area contributed by atoms with E-state index in [1.165, 1.54) is 6.20 Å². The lowest BCUT2D eigenvalue weighted by Crippen LogP contribution is -2.51. The van der Waals surface area contributed by atoms with E-state index in [2.05, 4.69) is 14.7 Å². The Bertz CT molecular complexity index is 603. The van der Waals surface area contributed by atoms with Gasteiger partial charge in [0.1, 0.15) is 5.82 Å². The number of carboxylic acid groups (broad SMARTS) is 1. The van der Waals surface area contributed by atoms with Gasteiger partial charge in [-0.2, -0.15) is 0 Å². The quantitative estimate of drug-likeness (QED) is 0.735. The molecule has 1 saturated carbocycles. The molecule has 0 radical (unpaired) electrons. The van der Waals surface area contributed by atoms with E-state index in [-0.39, 0.29) is 11.4 Å². The van der Waals surface area contributed by atoms with E-state index in [1.807, 2.05) is 6.92 Å². The summed E-state index contributed by atoms with van der Waals surface area (Å²) in [5.74, 6) is -0.398. The molecule has 1 aliphatic carbocycles. The predicted molar refractivity (Wildman–Crippen MR) is 76.4 cm³/mol. The number of aryl methyl sites for hydroxylation is 1. The van der Waals surface area contributed by atoms with Crippen molar-refractivity contribution in [3.05, 3.63) is 12.0 Å². The van der Waals surface area contributed by atoms with Crippen LogP contribution in [0.2, 0.25) is 0 Å². The summed E-state index contributed by atoms with van der Waals surface area (Å²) in [5.41, 5.74) is -0.888. The topological polar surface area (TPSA) is 112 Å². The molecule has 8 heteroatoms. The average molecular weight is 315 g/mol. The summed E-state index contributed by atoms with van der Waals surface area (Å²) in [7, 11) is -3.78. The molecule has 21 heavy (non-hydrogen) atoms.